The summed E-state index contributed by atoms with van der Waals surface area (Å²) in [6.45, 7) is 0.642. The summed E-state index contributed by atoms with van der Waals surface area (Å²) in [4.78, 5) is 0. The van der Waals surface area contributed by atoms with Crippen LogP contribution in [0.25, 0.3) is 0 Å². The lowest BCUT2D eigenvalue weighted by Crippen LogP contribution is -2.40. The van der Waals surface area contributed by atoms with Crippen molar-refractivity contribution in [2.45, 2.75) is 26.2 Å². The predicted molar refractivity (Wildman–Crippen MR) is 110 cm³/mol. The fourth-order valence-corrected chi connectivity index (χ4v) is 2.04. The minimum absolute atomic E-state index is 0.178. The van der Waals surface area contributed by atoms with Gasteiger partial charge in [0.2, 0.25) is 0 Å². The Kier molecular flexibility index (Phi) is 9.42. The van der Waals surface area contributed by atoms with E-state index in [1.165, 1.54) is 6.92 Å². The van der Waals surface area contributed by atoms with Crippen molar-refractivity contribution < 1.29 is 26.3 Å². The first-order chi connectivity index (χ1) is 13.8. The highest BCUT2D eigenvalue weighted by Gasteiger charge is 2.27. The second-order valence-corrected chi connectivity index (χ2v) is 6.66. The van der Waals surface area contributed by atoms with Crippen LogP contribution in [-0.4, -0.2) is 47.1 Å². The van der Waals surface area contributed by atoms with Crippen LogP contribution in [0, 0.1) is 6.92 Å². The number of hydrazone groups is 2. The first kappa shape index (κ1) is 25.6. The molecule has 0 saturated carbocycles. The van der Waals surface area contributed by atoms with Crippen molar-refractivity contribution in [3.8, 4) is 0 Å². The number of halogens is 6. The summed E-state index contributed by atoms with van der Waals surface area (Å²) in [7, 11) is 0. The molecule has 30 heavy (non-hydrogen) atoms. The van der Waals surface area contributed by atoms with Gasteiger partial charge in [0.05, 0.1) is 5.71 Å². The molecule has 0 atom stereocenters. The SMILES string of the molecule is CC(=N\NC(=S)NCC(F)(F)F)/C(=N/NC(=S)NCC(F)(F)F)c1ccc(C)cc1. The number of nitrogens with zero attached hydrogens (tertiary/aromatic N) is 2. The van der Waals surface area contributed by atoms with E-state index >= 15 is 0 Å². The zero-order valence-electron chi connectivity index (χ0n) is 15.7. The third kappa shape index (κ3) is 10.9. The number of rotatable bonds is 6. The first-order valence-electron chi connectivity index (χ1n) is 8.17. The van der Waals surface area contributed by atoms with E-state index in [1.54, 1.807) is 24.3 Å². The molecule has 14 heteroatoms. The molecule has 0 amide bonds. The van der Waals surface area contributed by atoms with Crippen molar-refractivity contribution >= 4 is 46.1 Å². The van der Waals surface area contributed by atoms with Crippen LogP contribution in [0.4, 0.5) is 26.3 Å². The molecule has 0 aliphatic carbocycles. The van der Waals surface area contributed by atoms with E-state index in [9.17, 15) is 26.3 Å². The molecule has 4 N–H and O–H groups in total. The van der Waals surface area contributed by atoms with Crippen LogP contribution in [0.3, 0.4) is 0 Å². The summed E-state index contributed by atoms with van der Waals surface area (Å²) >= 11 is 9.47. The van der Waals surface area contributed by atoms with Gasteiger partial charge in [-0.2, -0.15) is 36.5 Å². The van der Waals surface area contributed by atoms with E-state index in [-0.39, 0.29) is 21.6 Å². The van der Waals surface area contributed by atoms with Crippen molar-refractivity contribution in [2.75, 3.05) is 13.1 Å². The minimum atomic E-state index is -4.46. The molecule has 0 radical (unpaired) electrons. The van der Waals surface area contributed by atoms with Crippen molar-refractivity contribution in [2.24, 2.45) is 10.2 Å². The van der Waals surface area contributed by atoms with Crippen molar-refractivity contribution in [3.63, 3.8) is 0 Å². The molecule has 166 valence electrons. The summed E-state index contributed by atoms with van der Waals surface area (Å²) < 4.78 is 73.4. The zero-order chi connectivity index (χ0) is 22.9. The normalized spacial score (nSPS) is 12.9. The molecule has 1 aromatic carbocycles. The van der Waals surface area contributed by atoms with Gasteiger partial charge in [-0.25, -0.2) is 0 Å². The molecule has 6 nitrogen and oxygen atoms in total. The average Bonchev–Trinajstić information content (AvgIpc) is 2.63. The van der Waals surface area contributed by atoms with E-state index in [0.717, 1.165) is 5.56 Å². The highest BCUT2D eigenvalue weighted by atomic mass is 32.1. The number of thiocarbonyl (C=S) groups is 2. The second kappa shape index (κ2) is 11.1. The summed E-state index contributed by atoms with van der Waals surface area (Å²) in [5.74, 6) is 0. The molecule has 0 unspecified atom stereocenters. The van der Waals surface area contributed by atoms with E-state index < -0.39 is 25.4 Å². The van der Waals surface area contributed by atoms with Crippen LogP contribution >= 0.6 is 24.4 Å². The summed E-state index contributed by atoms with van der Waals surface area (Å²) in [6, 6.07) is 6.89. The van der Waals surface area contributed by atoms with Crippen molar-refractivity contribution in [1.82, 2.24) is 21.5 Å². The molecule has 0 aromatic heterocycles. The third-order valence-electron chi connectivity index (χ3n) is 3.16. The maximum absolute atomic E-state index is 12.3. The molecule has 0 aliphatic rings. The highest BCUT2D eigenvalue weighted by molar-refractivity contribution is 7.80. The molecular weight excluding hydrogens is 454 g/mol. The van der Waals surface area contributed by atoms with Crippen LogP contribution in [0.1, 0.15) is 18.1 Å². The van der Waals surface area contributed by atoms with Crippen LogP contribution in [0.2, 0.25) is 0 Å². The van der Waals surface area contributed by atoms with Gasteiger partial charge in [-0.1, -0.05) is 29.8 Å². The molecular formula is C16H18F6N6S2. The lowest BCUT2D eigenvalue weighted by Gasteiger charge is -2.13. The third-order valence-corrected chi connectivity index (χ3v) is 3.63. The number of hydrogen-bond donors (Lipinski definition) is 4. The number of nitrogens with one attached hydrogen (secondary N) is 4. The molecule has 0 aliphatic heterocycles. The summed E-state index contributed by atoms with van der Waals surface area (Å²) in [6.07, 6.45) is -8.92. The number of aryl methyl sites for hydroxylation is 1. The smallest absolute Gasteiger partial charge is 0.352 e. The topological polar surface area (TPSA) is 72.8 Å². The largest absolute Gasteiger partial charge is 0.405 e. The van der Waals surface area contributed by atoms with Gasteiger partial charge in [0.15, 0.2) is 10.2 Å². The Morgan fingerprint density at radius 2 is 1.27 bits per heavy atom. The Bertz CT molecular complexity index is 802. The number of hydrogen-bond acceptors (Lipinski definition) is 4. The standard InChI is InChI=1S/C16H18F6N6S2/c1-9-3-5-11(6-4-9)12(26-28-14(30)24-8-16(20,21)22)10(2)25-27-13(29)23-7-15(17,18)19/h3-6H,7-8H2,1-2H3,(H2,23,27,29)(H2,24,28,30)/b25-10+,26-12-. The maximum atomic E-state index is 12.3. The van der Waals surface area contributed by atoms with Crippen molar-refractivity contribution in [1.29, 1.82) is 0 Å². The highest BCUT2D eigenvalue weighted by Crippen LogP contribution is 2.12. The van der Waals surface area contributed by atoms with E-state index in [1.807, 2.05) is 17.6 Å². The summed E-state index contributed by atoms with van der Waals surface area (Å²) in [5.41, 5.74) is 6.37. The first-order valence-corrected chi connectivity index (χ1v) is 8.99. The molecule has 1 aromatic rings. The molecule has 0 bridgehead atoms. The van der Waals surface area contributed by atoms with Gasteiger partial charge >= 0.3 is 12.4 Å². The summed E-state index contributed by atoms with van der Waals surface area (Å²) in [5, 5.41) is 11.0. The Balaban J connectivity index is 2.93. The number of benzene rings is 1. The fraction of sp³-hybridized carbons (Fsp3) is 0.375. The van der Waals surface area contributed by atoms with Gasteiger partial charge in [0.25, 0.3) is 0 Å². The van der Waals surface area contributed by atoms with E-state index in [4.69, 9.17) is 24.4 Å². The van der Waals surface area contributed by atoms with Crippen molar-refractivity contribution in [3.05, 3.63) is 35.4 Å². The predicted octanol–water partition coefficient (Wildman–Crippen LogP) is 3.13. The Hall–Kier alpha value is -2.48. The zero-order valence-corrected chi connectivity index (χ0v) is 17.3. The van der Waals surface area contributed by atoms with Gasteiger partial charge in [-0.05, 0) is 38.3 Å². The van der Waals surface area contributed by atoms with E-state index in [0.29, 0.717) is 5.56 Å². The van der Waals surface area contributed by atoms with Crippen LogP contribution in [0.5, 0.6) is 0 Å². The molecule has 0 spiro atoms. The second-order valence-electron chi connectivity index (χ2n) is 5.84. The molecule has 0 fully saturated rings. The van der Waals surface area contributed by atoms with E-state index in [2.05, 4.69) is 21.1 Å². The monoisotopic (exact) mass is 472 g/mol. The van der Waals surface area contributed by atoms with Gasteiger partial charge < -0.3 is 10.6 Å². The average molecular weight is 472 g/mol. The molecule has 0 saturated heterocycles. The lowest BCUT2D eigenvalue weighted by atomic mass is 10.1. The van der Waals surface area contributed by atoms with Gasteiger partial charge in [-0.3, -0.25) is 10.9 Å². The van der Waals surface area contributed by atoms with Crippen LogP contribution < -0.4 is 21.5 Å². The quantitative estimate of drug-likeness (QED) is 0.221. The maximum Gasteiger partial charge on any atom is 0.405 e. The van der Waals surface area contributed by atoms with Gasteiger partial charge in [-0.15, -0.1) is 0 Å². The lowest BCUT2D eigenvalue weighted by molar-refractivity contribution is -0.122. The Labute approximate surface area is 179 Å². The molecule has 0 heterocycles. The Morgan fingerprint density at radius 3 is 1.70 bits per heavy atom. The molecule has 1 rings (SSSR count). The van der Waals surface area contributed by atoms with Gasteiger partial charge in [0, 0.05) is 5.56 Å². The van der Waals surface area contributed by atoms with Crippen LogP contribution in [0.15, 0.2) is 34.5 Å². The fourth-order valence-electron chi connectivity index (χ4n) is 1.80. The minimum Gasteiger partial charge on any atom is -0.352 e. The Morgan fingerprint density at radius 1 is 0.833 bits per heavy atom. The van der Waals surface area contributed by atoms with Crippen LogP contribution in [-0.2, 0) is 0 Å². The number of alkyl halides is 6. The van der Waals surface area contributed by atoms with Gasteiger partial charge in [0.1, 0.15) is 18.8 Å².